The minimum atomic E-state index is 0.419. The third-order valence-corrected chi connectivity index (χ3v) is 5.62. The minimum absolute atomic E-state index is 0.419. The van der Waals surface area contributed by atoms with E-state index in [0.717, 1.165) is 18.8 Å². The van der Waals surface area contributed by atoms with Crippen molar-refractivity contribution in [3.63, 3.8) is 0 Å². The van der Waals surface area contributed by atoms with Crippen LogP contribution < -0.4 is 0 Å². The molecule has 2 heterocycles. The Morgan fingerprint density at radius 2 is 2.12 bits per heavy atom. The molecule has 3 unspecified atom stereocenters. The van der Waals surface area contributed by atoms with Crippen molar-refractivity contribution in [2.75, 3.05) is 13.1 Å². The number of alkyl halides is 1. The lowest BCUT2D eigenvalue weighted by atomic mass is 10.2. The maximum Gasteiger partial charge on any atom is 0.110 e. The van der Waals surface area contributed by atoms with Crippen molar-refractivity contribution < 1.29 is 0 Å². The van der Waals surface area contributed by atoms with Crippen LogP contribution in [0.2, 0.25) is 0 Å². The minimum Gasteiger partial charge on any atom is -0.292 e. The summed E-state index contributed by atoms with van der Waals surface area (Å²) in [4.78, 5) is 7.14. The lowest BCUT2D eigenvalue weighted by molar-refractivity contribution is 0.208. The van der Waals surface area contributed by atoms with Crippen LogP contribution in [-0.2, 0) is 5.88 Å². The molecule has 1 saturated heterocycles. The van der Waals surface area contributed by atoms with Gasteiger partial charge < -0.3 is 0 Å². The molecule has 2 nitrogen and oxygen atoms in total. The number of thiazole rings is 1. The zero-order valence-electron chi connectivity index (χ0n) is 10.5. The van der Waals surface area contributed by atoms with Gasteiger partial charge in [-0.3, -0.25) is 4.90 Å². The maximum atomic E-state index is 5.80. The molecule has 3 atom stereocenters. The van der Waals surface area contributed by atoms with Crippen molar-refractivity contribution >= 4 is 34.7 Å². The van der Waals surface area contributed by atoms with Gasteiger partial charge in [0.15, 0.2) is 0 Å². The smallest absolute Gasteiger partial charge is 0.110 e. The van der Waals surface area contributed by atoms with Gasteiger partial charge >= 0.3 is 0 Å². The van der Waals surface area contributed by atoms with Crippen LogP contribution in [-0.4, -0.2) is 33.5 Å². The number of thioether (sulfide) groups is 1. The molecule has 0 bridgehead atoms. The van der Waals surface area contributed by atoms with Crippen molar-refractivity contribution in [3.05, 3.63) is 16.1 Å². The fourth-order valence-corrected chi connectivity index (χ4v) is 4.75. The summed E-state index contributed by atoms with van der Waals surface area (Å²) in [7, 11) is 0. The molecule has 1 aromatic rings. The summed E-state index contributed by atoms with van der Waals surface area (Å²) in [5, 5.41) is 4.71. The molecule has 0 amide bonds. The van der Waals surface area contributed by atoms with Crippen LogP contribution in [0.25, 0.3) is 0 Å². The zero-order chi connectivity index (χ0) is 12.4. The van der Waals surface area contributed by atoms with Gasteiger partial charge in [0.25, 0.3) is 0 Å². The second kappa shape index (κ2) is 5.91. The Morgan fingerprint density at radius 1 is 1.47 bits per heavy atom. The molecule has 1 aromatic heterocycles. The molecule has 17 heavy (non-hydrogen) atoms. The van der Waals surface area contributed by atoms with E-state index >= 15 is 0 Å². The van der Waals surface area contributed by atoms with Crippen LogP contribution in [0.4, 0.5) is 0 Å². The highest BCUT2D eigenvalue weighted by molar-refractivity contribution is 8.00. The van der Waals surface area contributed by atoms with Crippen LogP contribution in [0.3, 0.4) is 0 Å². The standard InChI is InChI=1S/C12H19ClN2S2/c1-8-5-15(6-9(2)17-8)10(3)12-14-11(4-13)7-16-12/h7-10H,4-6H2,1-3H3. The molecule has 1 fully saturated rings. The number of halogens is 1. The topological polar surface area (TPSA) is 16.1 Å². The molecule has 0 radical (unpaired) electrons. The van der Waals surface area contributed by atoms with Crippen molar-refractivity contribution in [3.8, 4) is 0 Å². The monoisotopic (exact) mass is 290 g/mol. The molecule has 0 aromatic carbocycles. The second-order valence-electron chi connectivity index (χ2n) is 4.70. The van der Waals surface area contributed by atoms with Crippen molar-refractivity contribution in [2.24, 2.45) is 0 Å². The largest absolute Gasteiger partial charge is 0.292 e. The molecule has 1 aliphatic rings. The van der Waals surface area contributed by atoms with Gasteiger partial charge in [-0.25, -0.2) is 4.98 Å². The van der Waals surface area contributed by atoms with E-state index in [4.69, 9.17) is 11.6 Å². The average Bonchev–Trinajstić information content (AvgIpc) is 2.75. The quantitative estimate of drug-likeness (QED) is 0.789. The van der Waals surface area contributed by atoms with Crippen molar-refractivity contribution in [2.45, 2.75) is 43.2 Å². The van der Waals surface area contributed by atoms with E-state index in [1.54, 1.807) is 11.3 Å². The Bertz CT molecular complexity index is 359. The van der Waals surface area contributed by atoms with Gasteiger partial charge in [-0.2, -0.15) is 11.8 Å². The summed E-state index contributed by atoms with van der Waals surface area (Å²) in [6.07, 6.45) is 0. The van der Waals surface area contributed by atoms with Crippen LogP contribution in [0.5, 0.6) is 0 Å². The first-order chi connectivity index (χ1) is 8.10. The van der Waals surface area contributed by atoms with E-state index in [-0.39, 0.29) is 0 Å². The maximum absolute atomic E-state index is 5.80. The predicted molar refractivity (Wildman–Crippen MR) is 78.2 cm³/mol. The lowest BCUT2D eigenvalue weighted by Crippen LogP contribution is -2.41. The van der Waals surface area contributed by atoms with E-state index in [0.29, 0.717) is 22.4 Å². The summed E-state index contributed by atoms with van der Waals surface area (Å²) < 4.78 is 0. The highest BCUT2D eigenvalue weighted by Gasteiger charge is 2.27. The molecule has 96 valence electrons. The van der Waals surface area contributed by atoms with Gasteiger partial charge in [-0.05, 0) is 6.92 Å². The number of rotatable bonds is 3. The molecule has 5 heteroatoms. The van der Waals surface area contributed by atoms with E-state index in [2.05, 4.69) is 47.8 Å². The first kappa shape index (κ1) is 13.7. The summed E-state index contributed by atoms with van der Waals surface area (Å²) in [5.74, 6) is 0.520. The fourth-order valence-electron chi connectivity index (χ4n) is 2.27. The first-order valence-corrected chi connectivity index (χ1v) is 8.35. The number of nitrogens with zero attached hydrogens (tertiary/aromatic N) is 2. The van der Waals surface area contributed by atoms with Crippen LogP contribution in [0.15, 0.2) is 5.38 Å². The number of aromatic nitrogens is 1. The van der Waals surface area contributed by atoms with E-state index in [1.807, 2.05) is 0 Å². The lowest BCUT2D eigenvalue weighted by Gasteiger charge is -2.37. The summed E-state index contributed by atoms with van der Waals surface area (Å²) >= 11 is 9.63. The molecule has 0 aliphatic carbocycles. The Hall–Kier alpha value is 0.230. The van der Waals surface area contributed by atoms with Crippen molar-refractivity contribution in [1.82, 2.24) is 9.88 Å². The van der Waals surface area contributed by atoms with Crippen LogP contribution in [0.1, 0.15) is 37.5 Å². The van der Waals surface area contributed by atoms with Gasteiger partial charge in [0.05, 0.1) is 17.6 Å². The first-order valence-electron chi connectivity index (χ1n) is 6.00. The third-order valence-electron chi connectivity index (χ3n) is 3.06. The number of hydrogen-bond acceptors (Lipinski definition) is 4. The summed E-state index contributed by atoms with van der Waals surface area (Å²) in [6.45, 7) is 9.20. The zero-order valence-corrected chi connectivity index (χ0v) is 12.9. The highest BCUT2D eigenvalue weighted by Crippen LogP contribution is 2.32. The van der Waals surface area contributed by atoms with Gasteiger partial charge in [0.2, 0.25) is 0 Å². The van der Waals surface area contributed by atoms with Gasteiger partial charge in [0, 0.05) is 29.0 Å². The predicted octanol–water partition coefficient (Wildman–Crippen LogP) is 3.77. The van der Waals surface area contributed by atoms with Gasteiger partial charge in [0.1, 0.15) is 5.01 Å². The SMILES string of the molecule is CC1CN(C(C)c2nc(CCl)cs2)CC(C)S1. The molecule has 1 aliphatic heterocycles. The Labute approximate surface area is 117 Å². The summed E-state index contributed by atoms with van der Waals surface area (Å²) in [6, 6.07) is 0.419. The van der Waals surface area contributed by atoms with Gasteiger partial charge in [-0.1, -0.05) is 13.8 Å². The second-order valence-corrected chi connectivity index (χ2v) is 7.74. The molecule has 0 spiro atoms. The molecular weight excluding hydrogens is 272 g/mol. The fraction of sp³-hybridized carbons (Fsp3) is 0.750. The van der Waals surface area contributed by atoms with Gasteiger partial charge in [-0.15, -0.1) is 22.9 Å². The third kappa shape index (κ3) is 3.37. The Balaban J connectivity index is 2.05. The van der Waals surface area contributed by atoms with E-state index in [9.17, 15) is 0 Å². The van der Waals surface area contributed by atoms with E-state index < -0.39 is 0 Å². The number of hydrogen-bond donors (Lipinski definition) is 0. The van der Waals surface area contributed by atoms with Crippen molar-refractivity contribution in [1.29, 1.82) is 0 Å². The summed E-state index contributed by atoms with van der Waals surface area (Å²) in [5.41, 5.74) is 1.01. The molecular formula is C12H19ClN2S2. The van der Waals surface area contributed by atoms with Crippen LogP contribution in [0, 0.1) is 0 Å². The Kier molecular flexibility index (Phi) is 4.75. The molecule has 2 rings (SSSR count). The highest BCUT2D eigenvalue weighted by atomic mass is 35.5. The average molecular weight is 291 g/mol. The molecule has 0 N–H and O–H groups in total. The Morgan fingerprint density at radius 3 is 2.65 bits per heavy atom. The van der Waals surface area contributed by atoms with Crippen LogP contribution >= 0.6 is 34.7 Å². The molecule has 0 saturated carbocycles. The normalized spacial score (nSPS) is 28.2. The van der Waals surface area contributed by atoms with E-state index in [1.165, 1.54) is 5.01 Å².